The molecule has 6 nitrogen and oxygen atoms in total. The molecular formula is C23H28N2O4S. The van der Waals surface area contributed by atoms with E-state index in [2.05, 4.69) is 5.32 Å². The minimum absolute atomic E-state index is 0.0165. The van der Waals surface area contributed by atoms with Crippen molar-refractivity contribution in [1.82, 2.24) is 10.2 Å². The second-order valence-electron chi connectivity index (χ2n) is 8.24. The molecule has 1 aliphatic rings. The molecule has 30 heavy (non-hydrogen) atoms. The lowest BCUT2D eigenvalue weighted by Crippen LogP contribution is -2.52. The fraction of sp³-hybridized carbons (Fsp3) is 0.391. The van der Waals surface area contributed by atoms with Crippen molar-refractivity contribution in [1.29, 1.82) is 0 Å². The highest BCUT2D eigenvalue weighted by Crippen LogP contribution is 2.25. The molecule has 0 aliphatic carbocycles. The van der Waals surface area contributed by atoms with E-state index in [9.17, 15) is 18.0 Å². The number of rotatable bonds is 6. The maximum Gasteiger partial charge on any atom is 0.243 e. The van der Waals surface area contributed by atoms with Gasteiger partial charge in [-0.2, -0.15) is 0 Å². The summed E-state index contributed by atoms with van der Waals surface area (Å²) in [7, 11) is -3.25. The lowest BCUT2D eigenvalue weighted by atomic mass is 9.92. The number of amides is 2. The van der Waals surface area contributed by atoms with Gasteiger partial charge in [0.2, 0.25) is 11.8 Å². The van der Waals surface area contributed by atoms with Gasteiger partial charge in [0.15, 0.2) is 9.84 Å². The topological polar surface area (TPSA) is 83.6 Å². The molecule has 1 atom stereocenters. The number of hydrogen-bond donors (Lipinski definition) is 1. The van der Waals surface area contributed by atoms with Gasteiger partial charge < -0.3 is 10.2 Å². The number of nitrogens with zero attached hydrogens (tertiary/aromatic N) is 1. The third kappa shape index (κ3) is 5.27. The minimum Gasteiger partial charge on any atom is -0.350 e. The van der Waals surface area contributed by atoms with Crippen LogP contribution in [-0.4, -0.2) is 37.4 Å². The molecule has 1 unspecified atom stereocenters. The highest BCUT2D eigenvalue weighted by Gasteiger charge is 2.34. The lowest BCUT2D eigenvalue weighted by Gasteiger charge is -2.36. The quantitative estimate of drug-likeness (QED) is 0.767. The molecule has 1 heterocycles. The second-order valence-corrected chi connectivity index (χ2v) is 10.3. The van der Waals surface area contributed by atoms with E-state index in [4.69, 9.17) is 0 Å². The first kappa shape index (κ1) is 22.0. The molecular weight excluding hydrogens is 400 g/mol. The van der Waals surface area contributed by atoms with Crippen molar-refractivity contribution >= 4 is 21.7 Å². The van der Waals surface area contributed by atoms with E-state index in [1.54, 1.807) is 17.0 Å². The Hall–Kier alpha value is -2.67. The summed E-state index contributed by atoms with van der Waals surface area (Å²) in [5, 5.41) is 2.91. The van der Waals surface area contributed by atoms with Crippen molar-refractivity contribution in [2.75, 3.05) is 6.26 Å². The summed E-state index contributed by atoms with van der Waals surface area (Å²) >= 11 is 0. The molecule has 0 bridgehead atoms. The molecule has 0 radical (unpaired) electrons. The van der Waals surface area contributed by atoms with Gasteiger partial charge in [-0.3, -0.25) is 9.59 Å². The van der Waals surface area contributed by atoms with Crippen LogP contribution >= 0.6 is 0 Å². The molecule has 3 rings (SSSR count). The van der Waals surface area contributed by atoms with Crippen LogP contribution in [0.5, 0.6) is 0 Å². The van der Waals surface area contributed by atoms with Crippen LogP contribution < -0.4 is 5.32 Å². The molecule has 160 valence electrons. The molecule has 0 fully saturated rings. The molecule has 0 saturated carbocycles. The second kappa shape index (κ2) is 9.00. The van der Waals surface area contributed by atoms with Crippen LogP contribution in [0.25, 0.3) is 0 Å². The summed E-state index contributed by atoms with van der Waals surface area (Å²) in [4.78, 5) is 27.8. The summed E-state index contributed by atoms with van der Waals surface area (Å²) in [5.74, 6) is -0.00213. The summed E-state index contributed by atoms with van der Waals surface area (Å²) in [6, 6.07) is 13.8. The highest BCUT2D eigenvalue weighted by atomic mass is 32.2. The Morgan fingerprint density at radius 2 is 1.70 bits per heavy atom. The zero-order valence-electron chi connectivity index (χ0n) is 17.6. The van der Waals surface area contributed by atoms with E-state index in [1.165, 1.54) is 12.1 Å². The van der Waals surface area contributed by atoms with Crippen molar-refractivity contribution in [2.24, 2.45) is 5.92 Å². The van der Waals surface area contributed by atoms with Gasteiger partial charge in [0, 0.05) is 32.2 Å². The van der Waals surface area contributed by atoms with Gasteiger partial charge in [0.25, 0.3) is 0 Å². The maximum absolute atomic E-state index is 13.0. The van der Waals surface area contributed by atoms with Gasteiger partial charge >= 0.3 is 0 Å². The Morgan fingerprint density at radius 3 is 2.30 bits per heavy atom. The van der Waals surface area contributed by atoms with E-state index < -0.39 is 15.9 Å². The number of hydrogen-bond acceptors (Lipinski definition) is 4. The monoisotopic (exact) mass is 428 g/mol. The fourth-order valence-corrected chi connectivity index (χ4v) is 4.28. The fourth-order valence-electron chi connectivity index (χ4n) is 3.65. The highest BCUT2D eigenvalue weighted by molar-refractivity contribution is 7.90. The van der Waals surface area contributed by atoms with Crippen molar-refractivity contribution in [3.05, 3.63) is 65.2 Å². The van der Waals surface area contributed by atoms with Crippen LogP contribution in [0, 0.1) is 5.92 Å². The first-order chi connectivity index (χ1) is 14.1. The SMILES string of the molecule is CC(C)CC(=O)N1Cc2ccccc2CC1C(=O)NCc1ccc(S(C)(=O)=O)cc1. The van der Waals surface area contributed by atoms with Gasteiger partial charge in [-0.1, -0.05) is 50.2 Å². The average molecular weight is 429 g/mol. The number of carbonyl (C=O) groups is 2. The Balaban J connectivity index is 1.73. The molecule has 7 heteroatoms. The van der Waals surface area contributed by atoms with Crippen LogP contribution in [0.15, 0.2) is 53.4 Å². The van der Waals surface area contributed by atoms with Crippen molar-refractivity contribution in [2.45, 2.75) is 50.7 Å². The number of fused-ring (bicyclic) bond motifs is 1. The van der Waals surface area contributed by atoms with Gasteiger partial charge in [-0.15, -0.1) is 0 Å². The zero-order valence-corrected chi connectivity index (χ0v) is 18.4. The van der Waals surface area contributed by atoms with Gasteiger partial charge in [0.05, 0.1) is 4.90 Å². The number of sulfone groups is 1. The summed E-state index contributed by atoms with van der Waals surface area (Å²) in [6.45, 7) is 4.69. The molecule has 1 aliphatic heterocycles. The number of nitrogens with one attached hydrogen (secondary N) is 1. The van der Waals surface area contributed by atoms with Crippen LogP contribution in [0.1, 0.15) is 37.0 Å². The first-order valence-electron chi connectivity index (χ1n) is 10.1. The Labute approximate surface area is 178 Å². The predicted molar refractivity (Wildman–Crippen MR) is 115 cm³/mol. The molecule has 2 aromatic carbocycles. The standard InChI is InChI=1S/C23H28N2O4S/c1-16(2)12-22(26)25-15-19-7-5-4-6-18(19)13-21(25)23(27)24-14-17-8-10-20(11-9-17)30(3,28)29/h4-11,16,21H,12-15H2,1-3H3,(H,24,27). The van der Waals surface area contributed by atoms with Gasteiger partial charge in [0.1, 0.15) is 6.04 Å². The molecule has 1 N–H and O–H groups in total. The van der Waals surface area contributed by atoms with E-state index in [0.29, 0.717) is 19.4 Å². The van der Waals surface area contributed by atoms with Gasteiger partial charge in [-0.05, 0) is 34.7 Å². The van der Waals surface area contributed by atoms with Crippen LogP contribution in [-0.2, 0) is 38.9 Å². The Morgan fingerprint density at radius 1 is 1.07 bits per heavy atom. The van der Waals surface area contributed by atoms with Crippen LogP contribution in [0.4, 0.5) is 0 Å². The molecule has 0 saturated heterocycles. The Kier molecular flexibility index (Phi) is 6.61. The van der Waals surface area contributed by atoms with E-state index in [-0.39, 0.29) is 29.2 Å². The largest absolute Gasteiger partial charge is 0.350 e. The first-order valence-corrected chi connectivity index (χ1v) is 12.0. The average Bonchev–Trinajstić information content (AvgIpc) is 2.70. The van der Waals surface area contributed by atoms with E-state index >= 15 is 0 Å². The summed E-state index contributed by atoms with van der Waals surface area (Å²) in [6.07, 6.45) is 2.05. The minimum atomic E-state index is -3.25. The molecule has 2 amide bonds. The van der Waals surface area contributed by atoms with E-state index in [0.717, 1.165) is 22.9 Å². The number of benzene rings is 2. The van der Waals surface area contributed by atoms with Crippen molar-refractivity contribution in [3.8, 4) is 0 Å². The smallest absolute Gasteiger partial charge is 0.243 e. The third-order valence-electron chi connectivity index (χ3n) is 5.27. The van der Waals surface area contributed by atoms with Crippen LogP contribution in [0.2, 0.25) is 0 Å². The summed E-state index contributed by atoms with van der Waals surface area (Å²) < 4.78 is 23.2. The lowest BCUT2D eigenvalue weighted by molar-refractivity contribution is -0.142. The van der Waals surface area contributed by atoms with Crippen molar-refractivity contribution < 1.29 is 18.0 Å². The normalized spacial score (nSPS) is 16.3. The third-order valence-corrected chi connectivity index (χ3v) is 6.40. The molecule has 2 aromatic rings. The van der Waals surface area contributed by atoms with Crippen molar-refractivity contribution in [3.63, 3.8) is 0 Å². The Bertz CT molecular complexity index is 1030. The predicted octanol–water partition coefficient (Wildman–Crippen LogP) is 2.71. The van der Waals surface area contributed by atoms with Gasteiger partial charge in [-0.25, -0.2) is 8.42 Å². The summed E-state index contributed by atoms with van der Waals surface area (Å²) in [5.41, 5.74) is 2.96. The maximum atomic E-state index is 13.0. The zero-order chi connectivity index (χ0) is 21.9. The number of carbonyl (C=O) groups excluding carboxylic acids is 2. The molecule has 0 spiro atoms. The van der Waals surface area contributed by atoms with Crippen LogP contribution in [0.3, 0.4) is 0 Å². The molecule has 0 aromatic heterocycles. The van der Waals surface area contributed by atoms with E-state index in [1.807, 2.05) is 38.1 Å².